The molecule has 0 N–H and O–H groups in total. The summed E-state index contributed by atoms with van der Waals surface area (Å²) in [5.74, 6) is 1.80. The van der Waals surface area contributed by atoms with E-state index in [0.29, 0.717) is 0 Å². The molecule has 0 aromatic heterocycles. The molecule has 0 aliphatic rings. The highest BCUT2D eigenvalue weighted by molar-refractivity contribution is 9.10. The minimum absolute atomic E-state index is 0.805. The van der Waals surface area contributed by atoms with Gasteiger partial charge in [0.05, 0.1) is 14.2 Å². The lowest BCUT2D eigenvalue weighted by atomic mass is 10.0. The summed E-state index contributed by atoms with van der Waals surface area (Å²) in [6.07, 6.45) is 4.28. The van der Waals surface area contributed by atoms with Crippen LogP contribution in [0.5, 0.6) is 11.5 Å². The van der Waals surface area contributed by atoms with Crippen LogP contribution in [0.25, 0.3) is 0 Å². The van der Waals surface area contributed by atoms with Crippen LogP contribution in [0.1, 0.15) is 22.3 Å². The molecule has 0 saturated carbocycles. The van der Waals surface area contributed by atoms with Crippen molar-refractivity contribution in [2.45, 2.75) is 12.8 Å². The average molecular weight is 644 g/mol. The molecule has 0 bridgehead atoms. The zero-order valence-electron chi connectivity index (χ0n) is 20.5. The van der Waals surface area contributed by atoms with E-state index in [-0.39, 0.29) is 0 Å². The summed E-state index contributed by atoms with van der Waals surface area (Å²) >= 11 is 7.33. The SMILES string of the molecule is COc1ccc(Cc2cc(Br)ccc2PCCPc2ccc(Br)cc2Cc2ccc(OC)cc2)cc1. The summed E-state index contributed by atoms with van der Waals surface area (Å²) in [5, 5.41) is 2.93. The number of benzene rings is 4. The van der Waals surface area contributed by atoms with E-state index >= 15 is 0 Å². The van der Waals surface area contributed by atoms with E-state index in [9.17, 15) is 0 Å². The first-order chi connectivity index (χ1) is 17.5. The van der Waals surface area contributed by atoms with Crippen molar-refractivity contribution in [1.29, 1.82) is 0 Å². The lowest BCUT2D eigenvalue weighted by Gasteiger charge is -2.13. The van der Waals surface area contributed by atoms with Gasteiger partial charge in [0, 0.05) is 8.95 Å². The van der Waals surface area contributed by atoms with Gasteiger partial charge in [0.1, 0.15) is 11.5 Å². The number of methoxy groups -OCH3 is 2. The molecule has 2 unspecified atom stereocenters. The molecule has 4 rings (SSSR count). The Labute approximate surface area is 235 Å². The van der Waals surface area contributed by atoms with Crippen molar-refractivity contribution < 1.29 is 9.47 Å². The normalized spacial score (nSPS) is 11.6. The van der Waals surface area contributed by atoms with Gasteiger partial charge in [0.2, 0.25) is 0 Å². The third kappa shape index (κ3) is 7.90. The van der Waals surface area contributed by atoms with E-state index in [1.54, 1.807) is 14.2 Å². The molecule has 0 amide bonds. The van der Waals surface area contributed by atoms with Crippen molar-refractivity contribution in [2.24, 2.45) is 0 Å². The van der Waals surface area contributed by atoms with Crippen molar-refractivity contribution in [3.63, 3.8) is 0 Å². The Bertz CT molecular complexity index is 1170. The fraction of sp³-hybridized carbons (Fsp3) is 0.200. The topological polar surface area (TPSA) is 18.5 Å². The number of hydrogen-bond donors (Lipinski definition) is 0. The van der Waals surface area contributed by atoms with Crippen LogP contribution < -0.4 is 20.1 Å². The summed E-state index contributed by atoms with van der Waals surface area (Å²) < 4.78 is 12.9. The second-order valence-electron chi connectivity index (χ2n) is 8.51. The van der Waals surface area contributed by atoms with Gasteiger partial charge in [-0.05, 0) is 107 Å². The van der Waals surface area contributed by atoms with Gasteiger partial charge in [-0.1, -0.05) is 85.4 Å². The van der Waals surface area contributed by atoms with Gasteiger partial charge >= 0.3 is 0 Å². The summed E-state index contributed by atoms with van der Waals surface area (Å²) in [5.41, 5.74) is 5.42. The standard InChI is InChI=1S/C30H30Br2O2P2/c1-33-27-9-3-21(4-10-27)17-23-19-25(31)7-13-29(23)35-15-16-36-30-14-8-26(32)20-24(30)18-22-5-11-28(34-2)12-6-22/h3-14,19-20,35-36H,15-18H2,1-2H3. The predicted molar refractivity (Wildman–Crippen MR) is 166 cm³/mol. The third-order valence-corrected chi connectivity index (χ3v) is 10.2. The molecular formula is C30H30Br2O2P2. The lowest BCUT2D eigenvalue weighted by molar-refractivity contribution is 0.414. The Morgan fingerprint density at radius 1 is 0.556 bits per heavy atom. The Kier molecular flexibility index (Phi) is 10.4. The molecule has 0 heterocycles. The Morgan fingerprint density at radius 2 is 0.944 bits per heavy atom. The second-order valence-corrected chi connectivity index (χ2v) is 13.1. The fourth-order valence-corrected chi connectivity index (χ4v) is 7.62. The zero-order chi connectivity index (χ0) is 25.3. The number of halogens is 2. The maximum absolute atomic E-state index is 5.31. The average Bonchev–Trinajstić information content (AvgIpc) is 2.89. The van der Waals surface area contributed by atoms with E-state index in [2.05, 4.69) is 92.5 Å². The first-order valence-electron chi connectivity index (χ1n) is 11.8. The minimum Gasteiger partial charge on any atom is -0.497 e. The molecule has 6 heteroatoms. The molecule has 186 valence electrons. The van der Waals surface area contributed by atoms with Crippen LogP contribution in [0.2, 0.25) is 0 Å². The zero-order valence-corrected chi connectivity index (χ0v) is 25.7. The van der Waals surface area contributed by atoms with E-state index in [4.69, 9.17) is 9.47 Å². The molecular weight excluding hydrogens is 614 g/mol. The highest BCUT2D eigenvalue weighted by atomic mass is 79.9. The second kappa shape index (κ2) is 13.7. The first-order valence-corrected chi connectivity index (χ1v) is 15.8. The van der Waals surface area contributed by atoms with E-state index in [0.717, 1.165) is 50.4 Å². The van der Waals surface area contributed by atoms with Crippen molar-refractivity contribution in [3.05, 3.63) is 116 Å². The monoisotopic (exact) mass is 642 g/mol. The summed E-state index contributed by atoms with van der Waals surface area (Å²) in [6.45, 7) is 0. The highest BCUT2D eigenvalue weighted by Gasteiger charge is 2.08. The van der Waals surface area contributed by atoms with Crippen molar-refractivity contribution in [1.82, 2.24) is 0 Å². The van der Waals surface area contributed by atoms with Crippen molar-refractivity contribution in [3.8, 4) is 11.5 Å². The first kappa shape index (κ1) is 27.3. The quantitative estimate of drug-likeness (QED) is 0.123. The molecule has 0 aliphatic heterocycles. The molecule has 36 heavy (non-hydrogen) atoms. The van der Waals surface area contributed by atoms with Gasteiger partial charge in [-0.2, -0.15) is 0 Å². The minimum atomic E-state index is 0.805. The van der Waals surface area contributed by atoms with E-state index in [1.807, 2.05) is 24.3 Å². The van der Waals surface area contributed by atoms with Gasteiger partial charge in [-0.15, -0.1) is 0 Å². The van der Waals surface area contributed by atoms with Gasteiger partial charge < -0.3 is 9.47 Å². The largest absolute Gasteiger partial charge is 0.497 e. The fourth-order valence-electron chi connectivity index (χ4n) is 4.08. The van der Waals surface area contributed by atoms with Crippen molar-refractivity contribution >= 4 is 59.6 Å². The predicted octanol–water partition coefficient (Wildman–Crippen LogP) is 7.72. The molecule has 2 atom stereocenters. The molecule has 0 fully saturated rings. The summed E-state index contributed by atoms with van der Waals surface area (Å²) in [7, 11) is 5.03. The Hall–Kier alpha value is -1.70. The molecule has 0 aliphatic carbocycles. The van der Waals surface area contributed by atoms with Gasteiger partial charge in [-0.25, -0.2) is 0 Å². The molecule has 4 aromatic carbocycles. The molecule has 0 saturated heterocycles. The van der Waals surface area contributed by atoms with E-state index < -0.39 is 0 Å². The number of rotatable bonds is 11. The van der Waals surface area contributed by atoms with Gasteiger partial charge in [-0.3, -0.25) is 0 Å². The number of hydrogen-bond acceptors (Lipinski definition) is 2. The molecule has 0 radical (unpaired) electrons. The highest BCUT2D eigenvalue weighted by Crippen LogP contribution is 2.26. The maximum atomic E-state index is 5.31. The van der Waals surface area contributed by atoms with Crippen LogP contribution >= 0.6 is 49.0 Å². The number of ether oxygens (including phenoxy) is 2. The molecule has 2 nitrogen and oxygen atoms in total. The van der Waals surface area contributed by atoms with Gasteiger partial charge in [0.15, 0.2) is 0 Å². The van der Waals surface area contributed by atoms with Crippen molar-refractivity contribution in [2.75, 3.05) is 26.5 Å². The van der Waals surface area contributed by atoms with Crippen LogP contribution in [-0.2, 0) is 12.8 Å². The Morgan fingerprint density at radius 3 is 1.31 bits per heavy atom. The van der Waals surface area contributed by atoms with Gasteiger partial charge in [0.25, 0.3) is 0 Å². The summed E-state index contributed by atoms with van der Waals surface area (Å²) in [4.78, 5) is 0. The van der Waals surface area contributed by atoms with E-state index in [1.165, 1.54) is 45.2 Å². The van der Waals surface area contributed by atoms with Crippen LogP contribution in [0.15, 0.2) is 93.9 Å². The van der Waals surface area contributed by atoms with Crippen LogP contribution in [-0.4, -0.2) is 26.5 Å². The molecule has 4 aromatic rings. The smallest absolute Gasteiger partial charge is 0.118 e. The van der Waals surface area contributed by atoms with Crippen LogP contribution in [0, 0.1) is 0 Å². The maximum Gasteiger partial charge on any atom is 0.118 e. The van der Waals surface area contributed by atoms with Crippen LogP contribution in [0.4, 0.5) is 0 Å². The molecule has 0 spiro atoms. The Balaban J connectivity index is 1.38. The van der Waals surface area contributed by atoms with Crippen LogP contribution in [0.3, 0.4) is 0 Å². The summed E-state index contributed by atoms with van der Waals surface area (Å²) in [6, 6.07) is 30.3. The lowest BCUT2D eigenvalue weighted by Crippen LogP contribution is -2.08. The third-order valence-electron chi connectivity index (χ3n) is 6.00.